The third kappa shape index (κ3) is 4.32. The zero-order valence-electron chi connectivity index (χ0n) is 10.3. The van der Waals surface area contributed by atoms with E-state index in [0.29, 0.717) is 10.8 Å². The van der Waals surface area contributed by atoms with Gasteiger partial charge in [0.25, 0.3) is 0 Å². The first kappa shape index (κ1) is 13.9. The van der Waals surface area contributed by atoms with Crippen LogP contribution in [0.5, 0.6) is 0 Å². The molecule has 0 aromatic heterocycles. The van der Waals surface area contributed by atoms with Crippen LogP contribution in [0.4, 0.5) is 0 Å². The molecule has 0 fully saturated rings. The maximum absolute atomic E-state index is 11.8. The van der Waals surface area contributed by atoms with Crippen LogP contribution in [0.15, 0.2) is 41.8 Å². The monoisotopic (exact) mass is 253 g/mol. The minimum Gasteiger partial charge on any atom is -0.207 e. The van der Waals surface area contributed by atoms with Crippen LogP contribution >= 0.6 is 0 Å². The predicted molar refractivity (Wildman–Crippen MR) is 70.4 cm³/mol. The number of hydrogen-bond donors (Lipinski definition) is 1. The van der Waals surface area contributed by atoms with E-state index in [-0.39, 0.29) is 6.54 Å². The molecule has 1 aromatic carbocycles. The Morgan fingerprint density at radius 2 is 1.88 bits per heavy atom. The van der Waals surface area contributed by atoms with Crippen molar-refractivity contribution in [2.45, 2.75) is 25.2 Å². The number of benzene rings is 1. The summed E-state index contributed by atoms with van der Waals surface area (Å²) in [6.45, 7) is 7.99. The Kier molecular flexibility index (Phi) is 4.90. The molecule has 0 aliphatic heterocycles. The third-order valence-corrected chi connectivity index (χ3v) is 3.73. The number of sulfonamides is 1. The van der Waals surface area contributed by atoms with Crippen molar-refractivity contribution in [1.82, 2.24) is 4.72 Å². The van der Waals surface area contributed by atoms with Gasteiger partial charge in [0.15, 0.2) is 0 Å². The van der Waals surface area contributed by atoms with Crippen LogP contribution in [0.2, 0.25) is 0 Å². The molecule has 0 unspecified atom stereocenters. The molecule has 1 rings (SSSR count). The summed E-state index contributed by atoms with van der Waals surface area (Å²) in [5.41, 5.74) is 1.16. The number of rotatable bonds is 6. The molecule has 0 heterocycles. The van der Waals surface area contributed by atoms with E-state index in [0.717, 1.165) is 12.0 Å². The summed E-state index contributed by atoms with van der Waals surface area (Å²) in [4.78, 5) is 0.298. The molecular weight excluding hydrogens is 234 g/mol. The second kappa shape index (κ2) is 5.98. The third-order valence-electron chi connectivity index (χ3n) is 2.30. The lowest BCUT2D eigenvalue weighted by molar-refractivity contribution is 0.585. The molecule has 17 heavy (non-hydrogen) atoms. The van der Waals surface area contributed by atoms with Crippen LogP contribution in [0.3, 0.4) is 0 Å². The maximum Gasteiger partial charge on any atom is 0.240 e. The van der Waals surface area contributed by atoms with Gasteiger partial charge in [-0.1, -0.05) is 32.1 Å². The first-order valence-corrected chi connectivity index (χ1v) is 7.13. The van der Waals surface area contributed by atoms with Gasteiger partial charge in [-0.25, -0.2) is 13.1 Å². The lowest BCUT2D eigenvalue weighted by Crippen LogP contribution is -2.23. The summed E-state index contributed by atoms with van der Waals surface area (Å²) in [5.74, 6) is 0.566. The summed E-state index contributed by atoms with van der Waals surface area (Å²) < 4.78 is 26.0. The largest absolute Gasteiger partial charge is 0.240 e. The Morgan fingerprint density at radius 3 is 2.35 bits per heavy atom. The van der Waals surface area contributed by atoms with Crippen molar-refractivity contribution in [3.63, 3.8) is 0 Å². The summed E-state index contributed by atoms with van der Waals surface area (Å²) in [6, 6.07) is 7.01. The van der Waals surface area contributed by atoms with Gasteiger partial charge in [0.1, 0.15) is 0 Å². The molecule has 0 bridgehead atoms. The zero-order valence-corrected chi connectivity index (χ0v) is 11.1. The van der Waals surface area contributed by atoms with Crippen molar-refractivity contribution in [2.24, 2.45) is 5.92 Å². The SMILES string of the molecule is C=CCNS(=O)(=O)c1ccc(CC(C)C)cc1. The zero-order chi connectivity index (χ0) is 12.9. The highest BCUT2D eigenvalue weighted by atomic mass is 32.2. The maximum atomic E-state index is 11.8. The molecule has 1 aromatic rings. The predicted octanol–water partition coefficient (Wildman–Crippen LogP) is 2.35. The van der Waals surface area contributed by atoms with Gasteiger partial charge in [-0.3, -0.25) is 0 Å². The quantitative estimate of drug-likeness (QED) is 0.791. The minimum atomic E-state index is -3.39. The van der Waals surface area contributed by atoms with Crippen molar-refractivity contribution < 1.29 is 8.42 Å². The molecule has 0 atom stereocenters. The van der Waals surface area contributed by atoms with Crippen molar-refractivity contribution in [2.75, 3.05) is 6.54 Å². The summed E-state index contributed by atoms with van der Waals surface area (Å²) in [7, 11) is -3.39. The van der Waals surface area contributed by atoms with Crippen molar-refractivity contribution in [3.05, 3.63) is 42.5 Å². The van der Waals surface area contributed by atoms with Gasteiger partial charge < -0.3 is 0 Å². The minimum absolute atomic E-state index is 0.246. The van der Waals surface area contributed by atoms with Gasteiger partial charge in [0.05, 0.1) is 4.90 Å². The van der Waals surface area contributed by atoms with E-state index in [9.17, 15) is 8.42 Å². The molecular formula is C13H19NO2S. The normalized spacial score (nSPS) is 11.7. The molecule has 94 valence electrons. The van der Waals surface area contributed by atoms with E-state index in [2.05, 4.69) is 25.1 Å². The Balaban J connectivity index is 2.83. The average molecular weight is 253 g/mol. The fraction of sp³-hybridized carbons (Fsp3) is 0.385. The molecule has 0 radical (unpaired) electrons. The van der Waals surface area contributed by atoms with Gasteiger partial charge in [-0.15, -0.1) is 6.58 Å². The first-order chi connectivity index (χ1) is 7.95. The molecule has 0 saturated heterocycles. The second-order valence-electron chi connectivity index (χ2n) is 4.38. The summed E-state index contributed by atoms with van der Waals surface area (Å²) >= 11 is 0. The number of hydrogen-bond acceptors (Lipinski definition) is 2. The van der Waals surface area contributed by atoms with E-state index in [1.54, 1.807) is 12.1 Å². The van der Waals surface area contributed by atoms with Gasteiger partial charge in [0, 0.05) is 6.54 Å². The van der Waals surface area contributed by atoms with Crippen molar-refractivity contribution >= 4 is 10.0 Å². The van der Waals surface area contributed by atoms with Crippen LogP contribution in [0.1, 0.15) is 19.4 Å². The van der Waals surface area contributed by atoms with Gasteiger partial charge in [-0.05, 0) is 30.0 Å². The smallest absolute Gasteiger partial charge is 0.207 e. The summed E-state index contributed by atoms with van der Waals surface area (Å²) in [6.07, 6.45) is 2.48. The second-order valence-corrected chi connectivity index (χ2v) is 6.15. The molecule has 0 aliphatic carbocycles. The molecule has 0 aliphatic rings. The standard InChI is InChI=1S/C13H19NO2S/c1-4-9-14-17(15,16)13-7-5-12(6-8-13)10-11(2)3/h4-8,11,14H,1,9-10H2,2-3H3. The molecule has 4 heteroatoms. The van der Waals surface area contributed by atoms with Gasteiger partial charge >= 0.3 is 0 Å². The van der Waals surface area contributed by atoms with E-state index < -0.39 is 10.0 Å². The Labute approximate surface area is 104 Å². The van der Waals surface area contributed by atoms with Gasteiger partial charge in [-0.2, -0.15) is 0 Å². The Bertz CT molecular complexity index is 461. The molecule has 1 N–H and O–H groups in total. The lowest BCUT2D eigenvalue weighted by Gasteiger charge is -2.07. The highest BCUT2D eigenvalue weighted by molar-refractivity contribution is 7.89. The van der Waals surface area contributed by atoms with Crippen LogP contribution in [-0.4, -0.2) is 15.0 Å². The lowest BCUT2D eigenvalue weighted by atomic mass is 10.0. The summed E-state index contributed by atoms with van der Waals surface area (Å²) in [5, 5.41) is 0. The Hall–Kier alpha value is -1.13. The first-order valence-electron chi connectivity index (χ1n) is 5.65. The van der Waals surface area contributed by atoms with Crippen LogP contribution in [0.25, 0.3) is 0 Å². The van der Waals surface area contributed by atoms with E-state index in [1.807, 2.05) is 12.1 Å². The van der Waals surface area contributed by atoms with Crippen LogP contribution in [-0.2, 0) is 16.4 Å². The average Bonchev–Trinajstić information content (AvgIpc) is 2.26. The molecule has 0 amide bonds. The number of nitrogens with one attached hydrogen (secondary N) is 1. The highest BCUT2D eigenvalue weighted by Gasteiger charge is 2.12. The molecule has 0 spiro atoms. The van der Waals surface area contributed by atoms with Crippen molar-refractivity contribution in [3.8, 4) is 0 Å². The van der Waals surface area contributed by atoms with Crippen molar-refractivity contribution in [1.29, 1.82) is 0 Å². The molecule has 3 nitrogen and oxygen atoms in total. The van der Waals surface area contributed by atoms with E-state index in [4.69, 9.17) is 0 Å². The van der Waals surface area contributed by atoms with Crippen LogP contribution < -0.4 is 4.72 Å². The Morgan fingerprint density at radius 1 is 1.29 bits per heavy atom. The molecule has 0 saturated carbocycles. The van der Waals surface area contributed by atoms with E-state index in [1.165, 1.54) is 6.08 Å². The fourth-order valence-corrected chi connectivity index (χ4v) is 2.53. The van der Waals surface area contributed by atoms with E-state index >= 15 is 0 Å². The highest BCUT2D eigenvalue weighted by Crippen LogP contribution is 2.13. The topological polar surface area (TPSA) is 46.2 Å². The van der Waals surface area contributed by atoms with Gasteiger partial charge in [0.2, 0.25) is 10.0 Å². The fourth-order valence-electron chi connectivity index (χ4n) is 1.53. The van der Waals surface area contributed by atoms with Crippen LogP contribution in [0, 0.1) is 5.92 Å².